The van der Waals surface area contributed by atoms with Gasteiger partial charge in [-0.1, -0.05) is 5.16 Å². The summed E-state index contributed by atoms with van der Waals surface area (Å²) < 4.78 is 28.6. The fourth-order valence-electron chi connectivity index (χ4n) is 1.64. The Morgan fingerprint density at radius 3 is 2.94 bits per heavy atom. The highest BCUT2D eigenvalue weighted by Gasteiger charge is 2.24. The maximum Gasteiger partial charge on any atom is 0.374 e. The van der Waals surface area contributed by atoms with E-state index in [1.807, 2.05) is 0 Å². The highest BCUT2D eigenvalue weighted by molar-refractivity contribution is 5.85. The zero-order valence-electron chi connectivity index (χ0n) is 8.84. The van der Waals surface area contributed by atoms with Crippen molar-refractivity contribution in [1.29, 1.82) is 0 Å². The second kappa shape index (κ2) is 3.73. The van der Waals surface area contributed by atoms with Gasteiger partial charge in [0.1, 0.15) is 5.69 Å². The minimum atomic E-state index is -1.27. The maximum atomic E-state index is 14.0. The van der Waals surface area contributed by atoms with Crippen LogP contribution in [0.3, 0.4) is 0 Å². The van der Waals surface area contributed by atoms with Crippen molar-refractivity contribution in [3.8, 4) is 22.8 Å². The molecule has 0 atom stereocenters. The van der Waals surface area contributed by atoms with Gasteiger partial charge < -0.3 is 19.1 Å². The fraction of sp³-hybridized carbons (Fsp3) is 0.0909. The van der Waals surface area contributed by atoms with E-state index in [9.17, 15) is 9.18 Å². The Kier molecular flexibility index (Phi) is 2.19. The van der Waals surface area contributed by atoms with Crippen molar-refractivity contribution in [2.24, 2.45) is 0 Å². The van der Waals surface area contributed by atoms with Crippen LogP contribution in [0.15, 0.2) is 22.7 Å². The van der Waals surface area contributed by atoms with Crippen molar-refractivity contribution >= 4 is 5.97 Å². The van der Waals surface area contributed by atoms with Crippen LogP contribution < -0.4 is 9.47 Å². The first-order chi connectivity index (χ1) is 8.66. The number of benzene rings is 1. The Bertz CT molecular complexity index is 636. The lowest BCUT2D eigenvalue weighted by molar-refractivity contribution is 0.0652. The summed E-state index contributed by atoms with van der Waals surface area (Å²) in [7, 11) is 0. The summed E-state index contributed by atoms with van der Waals surface area (Å²) >= 11 is 0. The van der Waals surface area contributed by atoms with E-state index in [4.69, 9.17) is 14.6 Å². The lowest BCUT2D eigenvalue weighted by atomic mass is 10.1. The van der Waals surface area contributed by atoms with Gasteiger partial charge in [-0.25, -0.2) is 9.18 Å². The van der Waals surface area contributed by atoms with Gasteiger partial charge in [-0.05, 0) is 12.1 Å². The van der Waals surface area contributed by atoms with Crippen molar-refractivity contribution in [1.82, 2.24) is 5.16 Å². The minimum Gasteiger partial charge on any atom is -0.475 e. The Hall–Kier alpha value is -2.57. The van der Waals surface area contributed by atoms with E-state index in [1.54, 1.807) is 0 Å². The Balaban J connectivity index is 2.09. The van der Waals surface area contributed by atoms with Crippen LogP contribution in [0.1, 0.15) is 10.6 Å². The van der Waals surface area contributed by atoms with Crippen LogP contribution in [0.5, 0.6) is 11.5 Å². The second-order valence-corrected chi connectivity index (χ2v) is 3.54. The van der Waals surface area contributed by atoms with Gasteiger partial charge in [0, 0.05) is 11.6 Å². The average Bonchev–Trinajstić information content (AvgIpc) is 2.97. The normalized spacial score (nSPS) is 12.7. The highest BCUT2D eigenvalue weighted by Crippen LogP contribution is 2.39. The molecule has 0 amide bonds. The summed E-state index contributed by atoms with van der Waals surface area (Å²) in [6.45, 7) is -0.0467. The van der Waals surface area contributed by atoms with Gasteiger partial charge in [0.25, 0.3) is 0 Å². The average molecular weight is 251 g/mol. The van der Waals surface area contributed by atoms with Gasteiger partial charge in [0.15, 0.2) is 11.6 Å². The molecular formula is C11H6FNO5. The molecule has 0 saturated carbocycles. The van der Waals surface area contributed by atoms with Gasteiger partial charge in [0.2, 0.25) is 18.3 Å². The van der Waals surface area contributed by atoms with Crippen molar-refractivity contribution in [3.05, 3.63) is 29.8 Å². The zero-order chi connectivity index (χ0) is 12.7. The lowest BCUT2D eigenvalue weighted by Crippen LogP contribution is -1.94. The Labute approximate surface area is 99.5 Å². The maximum absolute atomic E-state index is 14.0. The molecule has 0 radical (unpaired) electrons. The van der Waals surface area contributed by atoms with Gasteiger partial charge in [-0.15, -0.1) is 0 Å². The number of aromatic nitrogens is 1. The number of ether oxygens (including phenoxy) is 2. The molecule has 0 unspecified atom stereocenters. The molecule has 1 aliphatic rings. The first kappa shape index (κ1) is 10.6. The number of halogens is 1. The van der Waals surface area contributed by atoms with Crippen LogP contribution in [0.25, 0.3) is 11.3 Å². The van der Waals surface area contributed by atoms with Gasteiger partial charge in [-0.2, -0.15) is 0 Å². The summed E-state index contributed by atoms with van der Waals surface area (Å²) in [5.74, 6) is -1.99. The van der Waals surface area contributed by atoms with E-state index < -0.39 is 11.8 Å². The van der Waals surface area contributed by atoms with Gasteiger partial charge in [0.05, 0.1) is 0 Å². The zero-order valence-corrected chi connectivity index (χ0v) is 8.84. The monoisotopic (exact) mass is 251 g/mol. The number of carboxylic acids is 1. The van der Waals surface area contributed by atoms with E-state index in [1.165, 1.54) is 12.1 Å². The standard InChI is InChI=1S/C11H6FNO5/c12-9-5(1-2-7-10(9)17-4-16-7)6-3-8(11(14)15)18-13-6/h1-3H,4H2,(H,14,15). The third-order valence-electron chi connectivity index (χ3n) is 2.48. The summed E-state index contributed by atoms with van der Waals surface area (Å²) in [5.41, 5.74) is 0.179. The van der Waals surface area contributed by atoms with E-state index in [0.29, 0.717) is 5.75 Å². The third kappa shape index (κ3) is 1.48. The van der Waals surface area contributed by atoms with Crippen molar-refractivity contribution in [3.63, 3.8) is 0 Å². The predicted octanol–water partition coefficient (Wildman–Crippen LogP) is 1.91. The molecule has 6 nitrogen and oxygen atoms in total. The van der Waals surface area contributed by atoms with Crippen LogP contribution in [0, 0.1) is 5.82 Å². The molecule has 2 aromatic rings. The molecule has 3 rings (SSSR count). The lowest BCUT2D eigenvalue weighted by Gasteiger charge is -2.01. The van der Waals surface area contributed by atoms with Crippen LogP contribution >= 0.6 is 0 Å². The first-order valence-electron chi connectivity index (χ1n) is 4.95. The quantitative estimate of drug-likeness (QED) is 0.877. The number of aromatic carboxylic acids is 1. The number of hydrogen-bond acceptors (Lipinski definition) is 5. The molecule has 0 aliphatic carbocycles. The SMILES string of the molecule is O=C(O)c1cc(-c2ccc3c(c2F)OCO3)no1. The number of nitrogens with zero attached hydrogens (tertiary/aromatic N) is 1. The number of fused-ring (bicyclic) bond motifs is 1. The topological polar surface area (TPSA) is 81.8 Å². The number of carbonyl (C=O) groups is 1. The largest absolute Gasteiger partial charge is 0.475 e. The molecule has 0 spiro atoms. The summed E-state index contributed by atoms with van der Waals surface area (Å²) in [6, 6.07) is 4.09. The van der Waals surface area contributed by atoms with E-state index in [-0.39, 0.29) is 29.6 Å². The fourth-order valence-corrected chi connectivity index (χ4v) is 1.64. The van der Waals surface area contributed by atoms with Crippen molar-refractivity contribution < 1.29 is 28.3 Å². The number of carboxylic acid groups (broad SMARTS) is 1. The molecule has 0 bridgehead atoms. The molecule has 18 heavy (non-hydrogen) atoms. The molecule has 1 aromatic carbocycles. The molecule has 0 fully saturated rings. The summed E-state index contributed by atoms with van der Waals surface area (Å²) in [4.78, 5) is 10.6. The molecule has 0 saturated heterocycles. The van der Waals surface area contributed by atoms with Gasteiger partial charge >= 0.3 is 5.97 Å². The van der Waals surface area contributed by atoms with Crippen LogP contribution in [-0.4, -0.2) is 23.0 Å². The Morgan fingerprint density at radius 2 is 2.22 bits per heavy atom. The van der Waals surface area contributed by atoms with E-state index in [2.05, 4.69) is 9.68 Å². The molecule has 92 valence electrons. The van der Waals surface area contributed by atoms with Gasteiger partial charge in [-0.3, -0.25) is 0 Å². The smallest absolute Gasteiger partial charge is 0.374 e. The Morgan fingerprint density at radius 1 is 1.39 bits per heavy atom. The molecule has 1 aliphatic heterocycles. The van der Waals surface area contributed by atoms with E-state index in [0.717, 1.165) is 6.07 Å². The summed E-state index contributed by atoms with van der Waals surface area (Å²) in [6.07, 6.45) is 0. The summed E-state index contributed by atoms with van der Waals surface area (Å²) in [5, 5.41) is 12.2. The van der Waals surface area contributed by atoms with Crippen molar-refractivity contribution in [2.45, 2.75) is 0 Å². The number of hydrogen-bond donors (Lipinski definition) is 1. The molecule has 1 aromatic heterocycles. The van der Waals surface area contributed by atoms with E-state index >= 15 is 0 Å². The van der Waals surface area contributed by atoms with Crippen LogP contribution in [-0.2, 0) is 0 Å². The first-order valence-corrected chi connectivity index (χ1v) is 4.95. The molecule has 2 heterocycles. The highest BCUT2D eigenvalue weighted by atomic mass is 19.1. The molecule has 1 N–H and O–H groups in total. The molecule has 7 heteroatoms. The number of rotatable bonds is 2. The minimum absolute atomic E-state index is 0.00706. The molecular weight excluding hydrogens is 245 g/mol. The van der Waals surface area contributed by atoms with Crippen LogP contribution in [0.4, 0.5) is 4.39 Å². The second-order valence-electron chi connectivity index (χ2n) is 3.54. The van der Waals surface area contributed by atoms with Crippen molar-refractivity contribution in [2.75, 3.05) is 6.79 Å². The van der Waals surface area contributed by atoms with Crippen LogP contribution in [0.2, 0.25) is 0 Å². The third-order valence-corrected chi connectivity index (χ3v) is 2.48. The predicted molar refractivity (Wildman–Crippen MR) is 55.0 cm³/mol.